The Morgan fingerprint density at radius 1 is 1.16 bits per heavy atom. The fourth-order valence-electron chi connectivity index (χ4n) is 2.75. The summed E-state index contributed by atoms with van der Waals surface area (Å²) in [5.74, 6) is -0.427. The first-order valence-corrected chi connectivity index (χ1v) is 9.60. The van der Waals surface area contributed by atoms with E-state index in [1.165, 1.54) is 29.0 Å². The second kappa shape index (κ2) is 7.28. The van der Waals surface area contributed by atoms with Crippen molar-refractivity contribution in [2.75, 3.05) is 18.4 Å². The maximum Gasteiger partial charge on any atom is 0.275 e. The second-order valence-electron chi connectivity index (χ2n) is 5.99. The number of nitrogens with zero attached hydrogens (tertiary/aromatic N) is 3. The number of sulfonamides is 1. The molecule has 0 atom stereocenters. The highest BCUT2D eigenvalue weighted by molar-refractivity contribution is 7.89. The Labute approximate surface area is 147 Å². The average molecular weight is 360 g/mol. The molecule has 8 heteroatoms. The molecule has 1 aliphatic heterocycles. The van der Waals surface area contributed by atoms with Crippen molar-refractivity contribution in [3.63, 3.8) is 0 Å². The third kappa shape index (κ3) is 3.85. The quantitative estimate of drug-likeness (QED) is 0.902. The Morgan fingerprint density at radius 3 is 2.60 bits per heavy atom. The van der Waals surface area contributed by atoms with E-state index in [2.05, 4.69) is 15.3 Å². The first kappa shape index (κ1) is 17.5. The van der Waals surface area contributed by atoms with E-state index in [-0.39, 0.29) is 10.6 Å². The summed E-state index contributed by atoms with van der Waals surface area (Å²) in [5.41, 5.74) is 1.40. The highest BCUT2D eigenvalue weighted by atomic mass is 32.2. The third-order valence-electron chi connectivity index (χ3n) is 4.21. The van der Waals surface area contributed by atoms with E-state index in [0.717, 1.165) is 24.8 Å². The van der Waals surface area contributed by atoms with Crippen LogP contribution < -0.4 is 5.32 Å². The number of carbonyl (C=O) groups excluding carboxylic acids is 1. The first-order chi connectivity index (χ1) is 12.0. The van der Waals surface area contributed by atoms with Gasteiger partial charge in [0, 0.05) is 31.2 Å². The van der Waals surface area contributed by atoms with Gasteiger partial charge in [0.1, 0.15) is 5.69 Å². The molecule has 1 amide bonds. The molecule has 0 spiro atoms. The average Bonchev–Trinajstić information content (AvgIpc) is 2.64. The zero-order valence-electron chi connectivity index (χ0n) is 14.0. The molecule has 0 radical (unpaired) electrons. The van der Waals surface area contributed by atoms with E-state index < -0.39 is 15.9 Å². The molecule has 0 saturated carbocycles. The molecule has 1 aromatic carbocycles. The summed E-state index contributed by atoms with van der Waals surface area (Å²) in [6.07, 6.45) is 7.08. The van der Waals surface area contributed by atoms with E-state index in [1.54, 1.807) is 12.1 Å². The molecule has 2 heterocycles. The molecule has 2 aromatic rings. The van der Waals surface area contributed by atoms with Crippen molar-refractivity contribution in [1.82, 2.24) is 14.3 Å². The van der Waals surface area contributed by atoms with Crippen LogP contribution in [0.2, 0.25) is 0 Å². The molecule has 1 saturated heterocycles. The lowest BCUT2D eigenvalue weighted by Crippen LogP contribution is -2.35. The predicted octanol–water partition coefficient (Wildman–Crippen LogP) is 2.21. The summed E-state index contributed by atoms with van der Waals surface area (Å²) in [4.78, 5) is 20.3. The molecular weight excluding hydrogens is 340 g/mol. The zero-order valence-corrected chi connectivity index (χ0v) is 14.8. The number of anilines is 1. The number of hydrogen-bond acceptors (Lipinski definition) is 5. The molecule has 0 bridgehead atoms. The molecule has 0 unspecified atom stereocenters. The maximum atomic E-state index is 12.8. The van der Waals surface area contributed by atoms with Gasteiger partial charge in [-0.2, -0.15) is 4.31 Å². The van der Waals surface area contributed by atoms with Gasteiger partial charge < -0.3 is 5.32 Å². The van der Waals surface area contributed by atoms with Crippen LogP contribution in [0.3, 0.4) is 0 Å². The number of carbonyl (C=O) groups is 1. The molecule has 1 aromatic heterocycles. The Balaban J connectivity index is 1.86. The van der Waals surface area contributed by atoms with Crippen molar-refractivity contribution >= 4 is 21.6 Å². The monoisotopic (exact) mass is 360 g/mol. The second-order valence-corrected chi connectivity index (χ2v) is 7.92. The van der Waals surface area contributed by atoms with Crippen molar-refractivity contribution in [3.8, 4) is 0 Å². The Kier molecular flexibility index (Phi) is 5.10. The lowest BCUT2D eigenvalue weighted by atomic mass is 10.2. The molecule has 132 valence electrons. The highest BCUT2D eigenvalue weighted by Gasteiger charge is 2.26. The van der Waals surface area contributed by atoms with Crippen LogP contribution in [0.15, 0.2) is 41.7 Å². The van der Waals surface area contributed by atoms with Gasteiger partial charge in [0.05, 0.1) is 11.1 Å². The summed E-state index contributed by atoms with van der Waals surface area (Å²) in [6, 6.07) is 4.79. The number of rotatable bonds is 4. The van der Waals surface area contributed by atoms with E-state index in [0.29, 0.717) is 18.8 Å². The van der Waals surface area contributed by atoms with Crippen LogP contribution in [0, 0.1) is 6.92 Å². The minimum absolute atomic E-state index is 0.172. The van der Waals surface area contributed by atoms with Gasteiger partial charge in [-0.1, -0.05) is 12.5 Å². The van der Waals surface area contributed by atoms with Gasteiger partial charge >= 0.3 is 0 Å². The van der Waals surface area contributed by atoms with Crippen LogP contribution in [-0.2, 0) is 10.0 Å². The summed E-state index contributed by atoms with van der Waals surface area (Å²) in [6.45, 7) is 2.89. The van der Waals surface area contributed by atoms with Crippen LogP contribution in [0.4, 0.5) is 5.69 Å². The molecule has 25 heavy (non-hydrogen) atoms. The maximum absolute atomic E-state index is 12.8. The van der Waals surface area contributed by atoms with Crippen LogP contribution in [0.5, 0.6) is 0 Å². The number of piperidine rings is 1. The first-order valence-electron chi connectivity index (χ1n) is 8.16. The number of benzene rings is 1. The Morgan fingerprint density at radius 2 is 1.92 bits per heavy atom. The van der Waals surface area contributed by atoms with Crippen LogP contribution in [0.1, 0.15) is 35.3 Å². The molecule has 1 fully saturated rings. The molecule has 3 rings (SSSR count). The Hall–Kier alpha value is -2.32. The highest BCUT2D eigenvalue weighted by Crippen LogP contribution is 2.25. The number of nitrogens with one attached hydrogen (secondary N) is 1. The van der Waals surface area contributed by atoms with Gasteiger partial charge in [0.2, 0.25) is 10.0 Å². The minimum atomic E-state index is -3.55. The van der Waals surface area contributed by atoms with Crippen LogP contribution >= 0.6 is 0 Å². The number of aromatic nitrogens is 2. The standard InChI is InChI=1S/C17H20N4O3S/c1-13-5-6-14(25(23,24)21-9-3-2-4-10-21)11-15(13)20-17(22)16-12-18-7-8-19-16/h5-8,11-12H,2-4,9-10H2,1H3,(H,20,22). The van der Waals surface area contributed by atoms with Crippen LogP contribution in [0.25, 0.3) is 0 Å². The number of amides is 1. The summed E-state index contributed by atoms with van der Waals surface area (Å²) in [5, 5.41) is 2.72. The number of aryl methyl sites for hydroxylation is 1. The summed E-state index contributed by atoms with van der Waals surface area (Å²) < 4.78 is 27.1. The minimum Gasteiger partial charge on any atom is -0.320 e. The van der Waals surface area contributed by atoms with Crippen molar-refractivity contribution in [1.29, 1.82) is 0 Å². The van der Waals surface area contributed by atoms with E-state index in [1.807, 2.05) is 6.92 Å². The third-order valence-corrected chi connectivity index (χ3v) is 6.10. The van der Waals surface area contributed by atoms with Crippen LogP contribution in [-0.4, -0.2) is 41.7 Å². The van der Waals surface area contributed by atoms with Crippen molar-refractivity contribution in [3.05, 3.63) is 48.0 Å². The van der Waals surface area contributed by atoms with E-state index >= 15 is 0 Å². The SMILES string of the molecule is Cc1ccc(S(=O)(=O)N2CCCCC2)cc1NC(=O)c1cnccn1. The molecule has 7 nitrogen and oxygen atoms in total. The fourth-order valence-corrected chi connectivity index (χ4v) is 4.30. The molecule has 0 aliphatic carbocycles. The van der Waals surface area contributed by atoms with Gasteiger partial charge in [-0.05, 0) is 37.5 Å². The largest absolute Gasteiger partial charge is 0.320 e. The molecular formula is C17H20N4O3S. The topological polar surface area (TPSA) is 92.3 Å². The van der Waals surface area contributed by atoms with Crippen molar-refractivity contribution in [2.24, 2.45) is 0 Å². The summed E-state index contributed by atoms with van der Waals surface area (Å²) >= 11 is 0. The number of hydrogen-bond donors (Lipinski definition) is 1. The van der Waals surface area contributed by atoms with Gasteiger partial charge in [-0.15, -0.1) is 0 Å². The zero-order chi connectivity index (χ0) is 17.9. The van der Waals surface area contributed by atoms with Gasteiger partial charge in [0.15, 0.2) is 0 Å². The van der Waals surface area contributed by atoms with Gasteiger partial charge in [-0.3, -0.25) is 9.78 Å². The van der Waals surface area contributed by atoms with E-state index in [9.17, 15) is 13.2 Å². The fraction of sp³-hybridized carbons (Fsp3) is 0.353. The van der Waals surface area contributed by atoms with Crippen molar-refractivity contribution < 1.29 is 13.2 Å². The predicted molar refractivity (Wildman–Crippen MR) is 93.8 cm³/mol. The van der Waals surface area contributed by atoms with Gasteiger partial charge in [0.25, 0.3) is 5.91 Å². The lowest BCUT2D eigenvalue weighted by molar-refractivity contribution is 0.102. The summed E-state index contributed by atoms with van der Waals surface area (Å²) in [7, 11) is -3.55. The van der Waals surface area contributed by atoms with Crippen molar-refractivity contribution in [2.45, 2.75) is 31.1 Å². The smallest absolute Gasteiger partial charge is 0.275 e. The lowest BCUT2D eigenvalue weighted by Gasteiger charge is -2.26. The van der Waals surface area contributed by atoms with Gasteiger partial charge in [-0.25, -0.2) is 13.4 Å². The van der Waals surface area contributed by atoms with E-state index in [4.69, 9.17) is 0 Å². The molecule has 1 aliphatic rings. The Bertz CT molecular complexity index is 863. The molecule has 1 N–H and O–H groups in total. The normalized spacial score (nSPS) is 15.7.